The van der Waals surface area contributed by atoms with Crippen molar-refractivity contribution < 1.29 is 9.90 Å². The number of rotatable bonds is 2. The Kier molecular flexibility index (Phi) is 4.33. The van der Waals surface area contributed by atoms with E-state index in [9.17, 15) is 9.90 Å². The van der Waals surface area contributed by atoms with Crippen molar-refractivity contribution in [1.29, 1.82) is 0 Å². The summed E-state index contributed by atoms with van der Waals surface area (Å²) in [6, 6.07) is 10.7. The Hall–Kier alpha value is -1.97. The fourth-order valence-corrected chi connectivity index (χ4v) is 2.94. The topological polar surface area (TPSA) is 49.3 Å². The molecule has 23 heavy (non-hydrogen) atoms. The van der Waals surface area contributed by atoms with Crippen LogP contribution < -0.4 is 5.32 Å². The van der Waals surface area contributed by atoms with E-state index in [2.05, 4.69) is 5.32 Å². The largest absolute Gasteiger partial charge is 0.510 e. The number of amides is 1. The lowest BCUT2D eigenvalue weighted by Gasteiger charge is -2.21. The fourth-order valence-electron chi connectivity index (χ4n) is 2.64. The number of carbonyl (C=O) groups excluding carboxylic acids is 1. The van der Waals surface area contributed by atoms with Crippen LogP contribution in [0.4, 0.5) is 0 Å². The number of aliphatic hydroxyl groups is 1. The summed E-state index contributed by atoms with van der Waals surface area (Å²) >= 11 is 11.8. The van der Waals surface area contributed by atoms with Gasteiger partial charge in [-0.3, -0.25) is 4.79 Å². The number of nitrogens with one attached hydrogen (secondary N) is 1. The fraction of sp³-hybridized carbons (Fsp3) is 0.167. The molecule has 0 saturated heterocycles. The maximum Gasteiger partial charge on any atom is 0.255 e. The van der Waals surface area contributed by atoms with Gasteiger partial charge in [0.1, 0.15) is 5.76 Å². The van der Waals surface area contributed by atoms with Crippen LogP contribution in [0.15, 0.2) is 42.2 Å². The van der Waals surface area contributed by atoms with E-state index in [1.165, 1.54) is 6.07 Å². The normalized spacial score (nSPS) is 13.7. The molecule has 0 fully saturated rings. The summed E-state index contributed by atoms with van der Waals surface area (Å²) in [6.45, 7) is 1.98. The molecule has 0 spiro atoms. The second-order valence-electron chi connectivity index (χ2n) is 5.57. The van der Waals surface area contributed by atoms with Crippen LogP contribution in [0.1, 0.15) is 33.5 Å². The highest BCUT2D eigenvalue weighted by Gasteiger charge is 2.21. The van der Waals surface area contributed by atoms with Crippen molar-refractivity contribution >= 4 is 34.8 Å². The molecule has 0 heterocycles. The molecule has 0 radical (unpaired) electrons. The first-order chi connectivity index (χ1) is 11.0. The number of halogens is 2. The van der Waals surface area contributed by atoms with Crippen LogP contribution in [0.2, 0.25) is 10.0 Å². The molecular formula is C18H15Cl2NO2. The van der Waals surface area contributed by atoms with Crippen molar-refractivity contribution in [1.82, 2.24) is 5.32 Å². The molecular weight excluding hydrogens is 333 g/mol. The number of aryl methyl sites for hydroxylation is 2. The van der Waals surface area contributed by atoms with Crippen LogP contribution in [-0.4, -0.2) is 11.0 Å². The minimum atomic E-state index is -0.334. The molecule has 0 unspecified atom stereocenters. The van der Waals surface area contributed by atoms with Gasteiger partial charge in [-0.1, -0.05) is 40.9 Å². The molecule has 2 N–H and O–H groups in total. The summed E-state index contributed by atoms with van der Waals surface area (Å²) in [6.07, 6.45) is 1.26. The van der Waals surface area contributed by atoms with Gasteiger partial charge in [-0.05, 0) is 43.2 Å². The zero-order valence-electron chi connectivity index (χ0n) is 12.5. The van der Waals surface area contributed by atoms with Crippen LogP contribution in [0.3, 0.4) is 0 Å². The van der Waals surface area contributed by atoms with Gasteiger partial charge in [0, 0.05) is 17.5 Å². The van der Waals surface area contributed by atoms with Crippen molar-refractivity contribution in [2.24, 2.45) is 0 Å². The molecule has 1 aliphatic carbocycles. The summed E-state index contributed by atoms with van der Waals surface area (Å²) < 4.78 is 0. The summed E-state index contributed by atoms with van der Waals surface area (Å²) in [5.74, 6) is -0.143. The minimum absolute atomic E-state index is 0.191. The summed E-state index contributed by atoms with van der Waals surface area (Å²) in [5, 5.41) is 13.7. The Balaban J connectivity index is 1.94. The van der Waals surface area contributed by atoms with E-state index in [4.69, 9.17) is 23.2 Å². The van der Waals surface area contributed by atoms with Crippen LogP contribution in [0.25, 0.3) is 5.70 Å². The van der Waals surface area contributed by atoms with E-state index in [1.54, 1.807) is 12.1 Å². The predicted molar refractivity (Wildman–Crippen MR) is 93.0 cm³/mol. The highest BCUT2D eigenvalue weighted by atomic mass is 35.5. The van der Waals surface area contributed by atoms with Gasteiger partial charge in [-0.15, -0.1) is 0 Å². The number of hydrogen-bond donors (Lipinski definition) is 2. The third-order valence-corrected chi connectivity index (χ3v) is 4.61. The molecule has 3 rings (SSSR count). The Morgan fingerprint density at radius 2 is 1.87 bits per heavy atom. The van der Waals surface area contributed by atoms with Gasteiger partial charge in [0.2, 0.25) is 0 Å². The lowest BCUT2D eigenvalue weighted by atomic mass is 9.92. The average molecular weight is 348 g/mol. The monoisotopic (exact) mass is 347 g/mol. The van der Waals surface area contributed by atoms with Crippen molar-refractivity contribution in [2.75, 3.05) is 0 Å². The summed E-state index contributed by atoms with van der Waals surface area (Å²) in [7, 11) is 0. The number of benzene rings is 2. The third kappa shape index (κ3) is 3.21. The first kappa shape index (κ1) is 15.9. The summed E-state index contributed by atoms with van der Waals surface area (Å²) in [5.41, 5.74) is 3.89. The SMILES string of the molecule is Cc1ccc2c(c1)C(NC(=O)c1ccc(Cl)c(Cl)c1)=C(O)CC2. The average Bonchev–Trinajstić information content (AvgIpc) is 2.52. The number of aliphatic hydroxyl groups excluding tert-OH is 1. The van der Waals surface area contributed by atoms with E-state index in [1.807, 2.05) is 25.1 Å². The molecule has 2 aromatic carbocycles. The second kappa shape index (κ2) is 6.26. The number of fused-ring (bicyclic) bond motifs is 1. The zero-order valence-corrected chi connectivity index (χ0v) is 14.0. The van der Waals surface area contributed by atoms with Crippen molar-refractivity contribution in [3.63, 3.8) is 0 Å². The van der Waals surface area contributed by atoms with E-state index in [0.717, 1.165) is 23.1 Å². The van der Waals surface area contributed by atoms with Gasteiger partial charge in [-0.25, -0.2) is 0 Å². The number of allylic oxidation sites excluding steroid dienone is 1. The second-order valence-corrected chi connectivity index (χ2v) is 6.38. The van der Waals surface area contributed by atoms with E-state index in [-0.39, 0.29) is 11.7 Å². The lowest BCUT2D eigenvalue weighted by Crippen LogP contribution is -2.25. The first-order valence-corrected chi connectivity index (χ1v) is 7.99. The molecule has 1 aliphatic rings. The van der Waals surface area contributed by atoms with Gasteiger partial charge in [0.05, 0.1) is 15.7 Å². The molecule has 2 aromatic rings. The molecule has 0 aliphatic heterocycles. The molecule has 0 aromatic heterocycles. The Bertz CT molecular complexity index is 828. The first-order valence-electron chi connectivity index (χ1n) is 7.24. The molecule has 0 saturated carbocycles. The molecule has 0 bridgehead atoms. The quantitative estimate of drug-likeness (QED) is 0.811. The number of hydrogen-bond acceptors (Lipinski definition) is 2. The highest BCUT2D eigenvalue weighted by molar-refractivity contribution is 6.42. The van der Waals surface area contributed by atoms with E-state index < -0.39 is 0 Å². The molecule has 1 amide bonds. The van der Waals surface area contributed by atoms with Crippen LogP contribution in [-0.2, 0) is 6.42 Å². The van der Waals surface area contributed by atoms with Gasteiger partial charge in [0.25, 0.3) is 5.91 Å². The smallest absolute Gasteiger partial charge is 0.255 e. The third-order valence-electron chi connectivity index (χ3n) is 3.87. The van der Waals surface area contributed by atoms with Gasteiger partial charge in [0.15, 0.2) is 0 Å². The number of carbonyl (C=O) groups is 1. The van der Waals surface area contributed by atoms with Gasteiger partial charge in [-0.2, -0.15) is 0 Å². The molecule has 5 heteroatoms. The van der Waals surface area contributed by atoms with Gasteiger partial charge >= 0.3 is 0 Å². The van der Waals surface area contributed by atoms with Crippen LogP contribution >= 0.6 is 23.2 Å². The van der Waals surface area contributed by atoms with E-state index in [0.29, 0.717) is 27.7 Å². The maximum atomic E-state index is 12.5. The highest BCUT2D eigenvalue weighted by Crippen LogP contribution is 2.30. The van der Waals surface area contributed by atoms with E-state index >= 15 is 0 Å². The minimum Gasteiger partial charge on any atom is -0.510 e. The molecule has 118 valence electrons. The Morgan fingerprint density at radius 1 is 1.09 bits per heavy atom. The van der Waals surface area contributed by atoms with Crippen molar-refractivity contribution in [3.05, 3.63) is 74.5 Å². The predicted octanol–water partition coefficient (Wildman–Crippen LogP) is 4.90. The van der Waals surface area contributed by atoms with Gasteiger partial charge < -0.3 is 10.4 Å². The Labute approximate surface area is 144 Å². The van der Waals surface area contributed by atoms with Crippen LogP contribution in [0.5, 0.6) is 0 Å². The summed E-state index contributed by atoms with van der Waals surface area (Å²) in [4.78, 5) is 12.5. The zero-order chi connectivity index (χ0) is 16.6. The lowest BCUT2D eigenvalue weighted by molar-refractivity contribution is 0.0972. The molecule has 3 nitrogen and oxygen atoms in total. The van der Waals surface area contributed by atoms with Crippen molar-refractivity contribution in [3.8, 4) is 0 Å². The standard InChI is InChI=1S/C18H15Cl2NO2/c1-10-2-3-11-5-7-16(22)17(13(11)8-10)21-18(23)12-4-6-14(19)15(20)9-12/h2-4,6,8-9,22H,5,7H2,1H3,(H,21,23). The maximum absolute atomic E-state index is 12.5. The van der Waals surface area contributed by atoms with Crippen LogP contribution in [0, 0.1) is 6.92 Å². The molecule has 0 atom stereocenters. The Morgan fingerprint density at radius 3 is 2.61 bits per heavy atom. The van der Waals surface area contributed by atoms with Crippen molar-refractivity contribution in [2.45, 2.75) is 19.8 Å².